The summed E-state index contributed by atoms with van der Waals surface area (Å²) in [7, 11) is 0. The van der Waals surface area contributed by atoms with Crippen LogP contribution in [0.2, 0.25) is 0 Å². The van der Waals surface area contributed by atoms with E-state index in [1.807, 2.05) is 0 Å². The topological polar surface area (TPSA) is 46.4 Å². The summed E-state index contributed by atoms with van der Waals surface area (Å²) >= 11 is 0. The number of alkyl halides is 6. The number of nitrogens with one attached hydrogen (secondary N) is 1. The molecule has 0 saturated carbocycles. The second kappa shape index (κ2) is 6.84. The fourth-order valence-corrected chi connectivity index (χ4v) is 2.75. The Morgan fingerprint density at radius 2 is 1.64 bits per heavy atom. The standard InChI is InChI=1S/C18H13F6N3O/c1-2-13-15(27-6-4-3-5-14(27)26-13)16(28)25-12-8-10(17(19,20)21)7-11(9-12)18(22,23)24/h3-9H,2H2,1H3,(H,25,28). The number of anilines is 1. The highest BCUT2D eigenvalue weighted by atomic mass is 19.4. The van der Waals surface area contributed by atoms with Gasteiger partial charge in [-0.05, 0) is 36.8 Å². The number of amides is 1. The number of hydrogen-bond acceptors (Lipinski definition) is 2. The minimum atomic E-state index is -5.00. The quantitative estimate of drug-likeness (QED) is 0.615. The van der Waals surface area contributed by atoms with Crippen LogP contribution in [0.4, 0.5) is 32.0 Å². The second-order valence-electron chi connectivity index (χ2n) is 5.94. The highest BCUT2D eigenvalue weighted by Gasteiger charge is 2.37. The number of imidazole rings is 1. The van der Waals surface area contributed by atoms with Gasteiger partial charge in [0.15, 0.2) is 0 Å². The Bertz CT molecular complexity index is 1000. The van der Waals surface area contributed by atoms with Crippen molar-refractivity contribution in [2.24, 2.45) is 0 Å². The summed E-state index contributed by atoms with van der Waals surface area (Å²) < 4.78 is 79.3. The second-order valence-corrected chi connectivity index (χ2v) is 5.94. The van der Waals surface area contributed by atoms with Gasteiger partial charge < -0.3 is 5.32 Å². The number of carbonyl (C=O) groups is 1. The number of nitrogens with zero attached hydrogens (tertiary/aromatic N) is 2. The maximum absolute atomic E-state index is 13.0. The molecule has 4 nitrogen and oxygen atoms in total. The molecule has 1 N–H and O–H groups in total. The van der Waals surface area contributed by atoms with Crippen molar-refractivity contribution in [1.82, 2.24) is 9.38 Å². The van der Waals surface area contributed by atoms with Gasteiger partial charge in [0, 0.05) is 11.9 Å². The zero-order chi connectivity index (χ0) is 20.7. The Hall–Kier alpha value is -3.04. The maximum atomic E-state index is 13.0. The molecule has 3 rings (SSSR count). The van der Waals surface area contributed by atoms with Crippen molar-refractivity contribution >= 4 is 17.2 Å². The van der Waals surface area contributed by atoms with Crippen molar-refractivity contribution in [3.63, 3.8) is 0 Å². The average Bonchev–Trinajstić information content (AvgIpc) is 2.98. The highest BCUT2D eigenvalue weighted by Crippen LogP contribution is 2.37. The van der Waals surface area contributed by atoms with Crippen molar-refractivity contribution in [2.45, 2.75) is 25.7 Å². The Morgan fingerprint density at radius 3 is 2.18 bits per heavy atom. The molecule has 0 saturated heterocycles. The normalized spacial score (nSPS) is 12.4. The molecule has 0 radical (unpaired) electrons. The first-order chi connectivity index (χ1) is 13.0. The van der Waals surface area contributed by atoms with Crippen LogP contribution in [0.25, 0.3) is 5.65 Å². The summed E-state index contributed by atoms with van der Waals surface area (Å²) in [5.41, 5.74) is -2.78. The molecule has 148 valence electrons. The smallest absolute Gasteiger partial charge is 0.321 e. The molecule has 3 aromatic rings. The largest absolute Gasteiger partial charge is 0.416 e. The van der Waals surface area contributed by atoms with Crippen LogP contribution in [-0.4, -0.2) is 15.3 Å². The summed E-state index contributed by atoms with van der Waals surface area (Å²) in [6.45, 7) is 1.73. The Balaban J connectivity index is 2.05. The fourth-order valence-electron chi connectivity index (χ4n) is 2.75. The molecule has 2 aromatic heterocycles. The van der Waals surface area contributed by atoms with Gasteiger partial charge in [-0.1, -0.05) is 13.0 Å². The monoisotopic (exact) mass is 401 g/mol. The molecule has 10 heteroatoms. The van der Waals surface area contributed by atoms with Crippen LogP contribution in [0.5, 0.6) is 0 Å². The highest BCUT2D eigenvalue weighted by molar-refractivity contribution is 6.04. The first kappa shape index (κ1) is 19.7. The zero-order valence-corrected chi connectivity index (χ0v) is 14.3. The average molecular weight is 401 g/mol. The lowest BCUT2D eigenvalue weighted by Crippen LogP contribution is -2.18. The van der Waals surface area contributed by atoms with E-state index in [2.05, 4.69) is 10.3 Å². The summed E-state index contributed by atoms with van der Waals surface area (Å²) in [6.07, 6.45) is -8.12. The minimum Gasteiger partial charge on any atom is -0.321 e. The molecule has 1 aromatic carbocycles. The lowest BCUT2D eigenvalue weighted by molar-refractivity contribution is -0.143. The summed E-state index contributed by atoms with van der Waals surface area (Å²) in [4.78, 5) is 16.9. The van der Waals surface area contributed by atoms with Gasteiger partial charge in [-0.2, -0.15) is 26.3 Å². The number of benzene rings is 1. The van der Waals surface area contributed by atoms with Gasteiger partial charge in [0.1, 0.15) is 11.3 Å². The van der Waals surface area contributed by atoms with Crippen molar-refractivity contribution in [3.05, 3.63) is 65.1 Å². The number of carbonyl (C=O) groups excluding carboxylic acids is 1. The zero-order valence-electron chi connectivity index (χ0n) is 14.3. The number of aromatic nitrogens is 2. The SMILES string of the molecule is CCc1nc2ccccn2c1C(=O)Nc1cc(C(F)(F)F)cc(C(F)(F)F)c1. The van der Waals surface area contributed by atoms with E-state index < -0.39 is 35.1 Å². The van der Waals surface area contributed by atoms with Crippen LogP contribution in [-0.2, 0) is 18.8 Å². The van der Waals surface area contributed by atoms with Crippen molar-refractivity contribution < 1.29 is 31.1 Å². The molecule has 0 bridgehead atoms. The van der Waals surface area contributed by atoms with E-state index in [0.717, 1.165) is 0 Å². The molecule has 28 heavy (non-hydrogen) atoms. The van der Waals surface area contributed by atoms with Gasteiger partial charge in [0.25, 0.3) is 5.91 Å². The van der Waals surface area contributed by atoms with Gasteiger partial charge in [0.05, 0.1) is 16.8 Å². The molecule has 0 aliphatic rings. The lowest BCUT2D eigenvalue weighted by Gasteiger charge is -2.15. The number of aryl methyl sites for hydroxylation is 1. The van der Waals surface area contributed by atoms with E-state index >= 15 is 0 Å². The molecule has 0 aliphatic heterocycles. The third kappa shape index (κ3) is 3.80. The van der Waals surface area contributed by atoms with Gasteiger partial charge in [-0.3, -0.25) is 9.20 Å². The number of pyridine rings is 1. The molecule has 1 amide bonds. The molecule has 0 aliphatic carbocycles. The molecule has 2 heterocycles. The van der Waals surface area contributed by atoms with Crippen molar-refractivity contribution in [3.8, 4) is 0 Å². The van der Waals surface area contributed by atoms with Crippen LogP contribution < -0.4 is 5.32 Å². The lowest BCUT2D eigenvalue weighted by atomic mass is 10.1. The van der Waals surface area contributed by atoms with E-state index in [4.69, 9.17) is 0 Å². The predicted molar refractivity (Wildman–Crippen MR) is 89.0 cm³/mol. The molecule has 0 unspecified atom stereocenters. The number of rotatable bonds is 3. The summed E-state index contributed by atoms with van der Waals surface area (Å²) in [6, 6.07) is 5.86. The molecule has 0 atom stereocenters. The van der Waals surface area contributed by atoms with Crippen molar-refractivity contribution in [1.29, 1.82) is 0 Å². The van der Waals surface area contributed by atoms with Gasteiger partial charge in [0.2, 0.25) is 0 Å². The van der Waals surface area contributed by atoms with Gasteiger partial charge in [-0.15, -0.1) is 0 Å². The Kier molecular flexibility index (Phi) is 4.82. The number of halogens is 6. The third-order valence-electron chi connectivity index (χ3n) is 4.00. The van der Waals surface area contributed by atoms with E-state index in [-0.39, 0.29) is 11.8 Å². The van der Waals surface area contributed by atoms with E-state index in [1.54, 1.807) is 25.1 Å². The molecule has 0 spiro atoms. The number of fused-ring (bicyclic) bond motifs is 1. The van der Waals surface area contributed by atoms with Crippen LogP contribution in [0.3, 0.4) is 0 Å². The van der Waals surface area contributed by atoms with Crippen LogP contribution in [0.15, 0.2) is 42.6 Å². The minimum absolute atomic E-state index is 0.00134. The van der Waals surface area contributed by atoms with Crippen molar-refractivity contribution in [2.75, 3.05) is 5.32 Å². The van der Waals surface area contributed by atoms with E-state index in [9.17, 15) is 31.1 Å². The van der Waals surface area contributed by atoms with E-state index in [1.165, 1.54) is 10.6 Å². The van der Waals surface area contributed by atoms with Gasteiger partial charge in [-0.25, -0.2) is 4.98 Å². The molecular weight excluding hydrogens is 388 g/mol. The van der Waals surface area contributed by atoms with Crippen LogP contribution in [0.1, 0.15) is 34.2 Å². The summed E-state index contributed by atoms with van der Waals surface area (Å²) in [5.74, 6) is -0.858. The molecule has 0 fully saturated rings. The molecular formula is C18H13F6N3O. The maximum Gasteiger partial charge on any atom is 0.416 e. The fraction of sp³-hybridized carbons (Fsp3) is 0.222. The predicted octanol–water partition coefficient (Wildman–Crippen LogP) is 5.19. The van der Waals surface area contributed by atoms with Gasteiger partial charge >= 0.3 is 12.4 Å². The summed E-state index contributed by atoms with van der Waals surface area (Å²) in [5, 5.41) is 2.14. The first-order valence-electron chi connectivity index (χ1n) is 8.07. The Morgan fingerprint density at radius 1 is 1.04 bits per heavy atom. The van der Waals surface area contributed by atoms with E-state index in [0.29, 0.717) is 29.9 Å². The number of hydrogen-bond donors (Lipinski definition) is 1. The van der Waals surface area contributed by atoms with Crippen LogP contribution in [0, 0.1) is 0 Å². The Labute approximate surface area is 154 Å². The third-order valence-corrected chi connectivity index (χ3v) is 4.00. The first-order valence-corrected chi connectivity index (χ1v) is 8.07. The van der Waals surface area contributed by atoms with Crippen LogP contribution >= 0.6 is 0 Å².